The smallest absolute Gasteiger partial charge is 0.276 e. The number of hydrogen-bond donors (Lipinski definition) is 0. The third-order valence-electron chi connectivity index (χ3n) is 4.58. The first kappa shape index (κ1) is 20.0. The highest BCUT2D eigenvalue weighted by Crippen LogP contribution is 2.19. The molecule has 0 aromatic heterocycles. The van der Waals surface area contributed by atoms with Crippen LogP contribution in [0.15, 0.2) is 91.0 Å². The summed E-state index contributed by atoms with van der Waals surface area (Å²) in [6.07, 6.45) is 3.66. The highest BCUT2D eigenvalue weighted by Gasteiger charge is 2.14. The lowest BCUT2D eigenvalue weighted by Gasteiger charge is -2.21. The molecule has 0 aliphatic rings. The average molecular weight is 386 g/mol. The van der Waals surface area contributed by atoms with E-state index in [1.807, 2.05) is 60.7 Å². The zero-order chi connectivity index (χ0) is 20.5. The summed E-state index contributed by atoms with van der Waals surface area (Å²) in [7, 11) is 0. The van der Waals surface area contributed by atoms with Crippen LogP contribution in [0.5, 0.6) is 0 Å². The number of amides is 1. The Bertz CT molecular complexity index is 985. The van der Waals surface area contributed by atoms with Crippen molar-refractivity contribution in [1.82, 2.24) is 4.90 Å². The van der Waals surface area contributed by atoms with E-state index in [9.17, 15) is 14.9 Å². The number of rotatable bonds is 8. The predicted octanol–water partition coefficient (Wildman–Crippen LogP) is 4.88. The number of benzene rings is 3. The van der Waals surface area contributed by atoms with Gasteiger partial charge in [-0.15, -0.1) is 0 Å². The Labute approximate surface area is 170 Å². The van der Waals surface area contributed by atoms with Crippen molar-refractivity contribution >= 4 is 17.7 Å². The van der Waals surface area contributed by atoms with Crippen LogP contribution in [-0.2, 0) is 17.8 Å². The Morgan fingerprint density at radius 1 is 0.862 bits per heavy atom. The molecule has 29 heavy (non-hydrogen) atoms. The second-order valence-corrected chi connectivity index (χ2v) is 6.63. The Hall–Kier alpha value is -3.73. The van der Waals surface area contributed by atoms with Crippen molar-refractivity contribution in [3.05, 3.63) is 118 Å². The fourth-order valence-electron chi connectivity index (χ4n) is 3.04. The van der Waals surface area contributed by atoms with Gasteiger partial charge in [-0.25, -0.2) is 0 Å². The number of carbonyl (C=O) groups is 1. The first-order chi connectivity index (χ1) is 14.1. The Morgan fingerprint density at radius 2 is 1.45 bits per heavy atom. The maximum Gasteiger partial charge on any atom is 0.276 e. The Balaban J connectivity index is 1.77. The summed E-state index contributed by atoms with van der Waals surface area (Å²) in [6.45, 7) is 1.03. The minimum absolute atomic E-state index is 0.0181. The van der Waals surface area contributed by atoms with E-state index >= 15 is 0 Å². The molecule has 0 saturated heterocycles. The first-order valence-corrected chi connectivity index (χ1v) is 9.42. The van der Waals surface area contributed by atoms with Crippen LogP contribution in [0, 0.1) is 10.1 Å². The number of hydrogen-bond acceptors (Lipinski definition) is 3. The topological polar surface area (TPSA) is 63.4 Å². The zero-order valence-electron chi connectivity index (χ0n) is 16.0. The van der Waals surface area contributed by atoms with Crippen molar-refractivity contribution in [1.29, 1.82) is 0 Å². The molecule has 0 atom stereocenters. The van der Waals surface area contributed by atoms with E-state index in [1.165, 1.54) is 18.2 Å². The van der Waals surface area contributed by atoms with Crippen LogP contribution < -0.4 is 0 Å². The van der Waals surface area contributed by atoms with Gasteiger partial charge in [0.05, 0.1) is 10.5 Å². The monoisotopic (exact) mass is 386 g/mol. The van der Waals surface area contributed by atoms with Crippen LogP contribution in [0.25, 0.3) is 6.08 Å². The largest absolute Gasteiger partial charge is 0.335 e. The second-order valence-electron chi connectivity index (χ2n) is 6.63. The molecule has 0 aliphatic carbocycles. The normalized spacial score (nSPS) is 10.8. The van der Waals surface area contributed by atoms with Gasteiger partial charge in [0, 0.05) is 25.2 Å². The van der Waals surface area contributed by atoms with Crippen molar-refractivity contribution in [2.45, 2.75) is 13.0 Å². The van der Waals surface area contributed by atoms with E-state index in [4.69, 9.17) is 0 Å². The number of carbonyl (C=O) groups excluding carboxylic acids is 1. The second kappa shape index (κ2) is 9.99. The quantitative estimate of drug-likeness (QED) is 0.315. The van der Waals surface area contributed by atoms with E-state index in [2.05, 4.69) is 0 Å². The van der Waals surface area contributed by atoms with Gasteiger partial charge >= 0.3 is 0 Å². The van der Waals surface area contributed by atoms with E-state index in [-0.39, 0.29) is 11.6 Å². The minimum Gasteiger partial charge on any atom is -0.335 e. The van der Waals surface area contributed by atoms with Crippen molar-refractivity contribution in [2.75, 3.05) is 6.54 Å². The fraction of sp³-hybridized carbons (Fsp3) is 0.125. The third kappa shape index (κ3) is 5.87. The maximum atomic E-state index is 12.9. The lowest BCUT2D eigenvalue weighted by Crippen LogP contribution is -2.31. The summed E-state index contributed by atoms with van der Waals surface area (Å²) in [6, 6.07) is 26.2. The number of nitrogens with zero attached hydrogens (tertiary/aromatic N) is 2. The first-order valence-electron chi connectivity index (χ1n) is 9.42. The molecule has 5 heteroatoms. The van der Waals surface area contributed by atoms with Crippen LogP contribution in [0.1, 0.15) is 16.7 Å². The molecule has 0 spiro atoms. The molecule has 0 fully saturated rings. The van der Waals surface area contributed by atoms with Crippen LogP contribution >= 0.6 is 0 Å². The Morgan fingerprint density at radius 3 is 2.10 bits per heavy atom. The van der Waals surface area contributed by atoms with E-state index in [0.717, 1.165) is 17.5 Å². The van der Waals surface area contributed by atoms with Crippen molar-refractivity contribution in [3.63, 3.8) is 0 Å². The van der Waals surface area contributed by atoms with Gasteiger partial charge in [-0.1, -0.05) is 72.8 Å². The fourth-order valence-corrected chi connectivity index (χ4v) is 3.04. The molecule has 1 amide bonds. The van der Waals surface area contributed by atoms with Crippen LogP contribution in [0.3, 0.4) is 0 Å². The van der Waals surface area contributed by atoms with Gasteiger partial charge in [0.15, 0.2) is 0 Å². The molecule has 146 valence electrons. The van der Waals surface area contributed by atoms with Crippen molar-refractivity contribution in [3.8, 4) is 0 Å². The summed E-state index contributed by atoms with van der Waals surface area (Å²) >= 11 is 0. The molecule has 3 aromatic rings. The average Bonchev–Trinajstić information content (AvgIpc) is 2.76. The van der Waals surface area contributed by atoms with Crippen LogP contribution in [0.4, 0.5) is 5.69 Å². The summed E-state index contributed by atoms with van der Waals surface area (Å²) < 4.78 is 0. The van der Waals surface area contributed by atoms with Crippen LogP contribution in [-0.4, -0.2) is 22.3 Å². The molecule has 3 rings (SSSR count). The summed E-state index contributed by atoms with van der Waals surface area (Å²) in [5.41, 5.74) is 2.58. The summed E-state index contributed by atoms with van der Waals surface area (Å²) in [4.78, 5) is 25.4. The summed E-state index contributed by atoms with van der Waals surface area (Å²) in [5, 5.41) is 11.2. The summed E-state index contributed by atoms with van der Waals surface area (Å²) in [5.74, 6) is -0.178. The molecule has 3 aromatic carbocycles. The molecule has 0 bridgehead atoms. The zero-order valence-corrected chi connectivity index (χ0v) is 16.0. The third-order valence-corrected chi connectivity index (χ3v) is 4.58. The molecule has 0 heterocycles. The van der Waals surface area contributed by atoms with E-state index in [1.54, 1.807) is 23.1 Å². The Kier molecular flexibility index (Phi) is 6.90. The highest BCUT2D eigenvalue weighted by molar-refractivity contribution is 5.92. The highest BCUT2D eigenvalue weighted by atomic mass is 16.6. The number of para-hydroxylation sites is 1. The van der Waals surface area contributed by atoms with Gasteiger partial charge in [0.1, 0.15) is 0 Å². The molecule has 0 aliphatic heterocycles. The standard InChI is InChI=1S/C24H22N2O3/c27-24(16-15-22-13-7-8-14-23(22)26(28)29)25(19-21-11-5-2-6-12-21)18-17-20-9-3-1-4-10-20/h1-16H,17-19H2/b16-15+. The van der Waals surface area contributed by atoms with Gasteiger partial charge in [0.2, 0.25) is 5.91 Å². The maximum absolute atomic E-state index is 12.9. The van der Waals surface area contributed by atoms with Gasteiger partial charge in [0.25, 0.3) is 5.69 Å². The van der Waals surface area contributed by atoms with E-state index in [0.29, 0.717) is 18.7 Å². The molecule has 0 radical (unpaired) electrons. The van der Waals surface area contributed by atoms with Crippen molar-refractivity contribution < 1.29 is 9.72 Å². The molecule has 0 N–H and O–H groups in total. The molecular weight excluding hydrogens is 364 g/mol. The lowest BCUT2D eigenvalue weighted by molar-refractivity contribution is -0.385. The molecule has 5 nitrogen and oxygen atoms in total. The van der Waals surface area contributed by atoms with Gasteiger partial charge in [-0.2, -0.15) is 0 Å². The van der Waals surface area contributed by atoms with Gasteiger partial charge in [-0.05, 0) is 29.7 Å². The molecular formula is C24H22N2O3. The molecule has 0 unspecified atom stereocenters. The molecule has 0 saturated carbocycles. The van der Waals surface area contributed by atoms with Gasteiger partial charge in [-0.3, -0.25) is 14.9 Å². The predicted molar refractivity (Wildman–Crippen MR) is 114 cm³/mol. The SMILES string of the molecule is O=C(/C=C/c1ccccc1[N+](=O)[O-])N(CCc1ccccc1)Cc1ccccc1. The van der Waals surface area contributed by atoms with Crippen LogP contribution in [0.2, 0.25) is 0 Å². The number of nitro groups is 1. The number of nitro benzene ring substituents is 1. The van der Waals surface area contributed by atoms with Crippen molar-refractivity contribution in [2.24, 2.45) is 0 Å². The minimum atomic E-state index is -0.443. The van der Waals surface area contributed by atoms with E-state index < -0.39 is 4.92 Å². The lowest BCUT2D eigenvalue weighted by atomic mass is 10.1. The van der Waals surface area contributed by atoms with Gasteiger partial charge < -0.3 is 4.90 Å².